The molecule has 0 aromatic rings. The van der Waals surface area contributed by atoms with Crippen LogP contribution in [0.2, 0.25) is 0 Å². The van der Waals surface area contributed by atoms with Gasteiger partial charge < -0.3 is 15.3 Å². The maximum atomic E-state index is 11.0. The highest BCUT2D eigenvalue weighted by Crippen LogP contribution is 2.19. The van der Waals surface area contributed by atoms with Gasteiger partial charge in [-0.1, -0.05) is 116 Å². The van der Waals surface area contributed by atoms with Gasteiger partial charge in [-0.05, 0) is 57.4 Å². The molecule has 0 spiro atoms. The van der Waals surface area contributed by atoms with Crippen molar-refractivity contribution in [3.8, 4) is 0 Å². The second-order valence-corrected chi connectivity index (χ2v) is 13.1. The summed E-state index contributed by atoms with van der Waals surface area (Å²) in [5.74, 6) is -2.35. The van der Waals surface area contributed by atoms with E-state index in [2.05, 4.69) is 19.2 Å². The molecule has 0 amide bonds. The second-order valence-electron chi connectivity index (χ2n) is 13.1. The normalized spacial score (nSPS) is 11.8. The number of hydrogen-bond donors (Lipinski definition) is 3. The second kappa shape index (κ2) is 31.1. The van der Waals surface area contributed by atoms with Gasteiger partial charge >= 0.3 is 17.9 Å². The molecule has 3 N–H and O–H groups in total. The molecule has 0 atom stereocenters. The molecule has 44 heavy (non-hydrogen) atoms. The topological polar surface area (TPSA) is 112 Å². The summed E-state index contributed by atoms with van der Waals surface area (Å²) in [6, 6.07) is 0. The largest absolute Gasteiger partial charge is 0.481 e. The predicted molar refractivity (Wildman–Crippen MR) is 182 cm³/mol. The number of carboxylic acid groups (broad SMARTS) is 3. The Morgan fingerprint density at radius 2 is 0.727 bits per heavy atom. The molecule has 0 rings (SSSR count). The van der Waals surface area contributed by atoms with Crippen LogP contribution in [0, 0.1) is 0 Å². The van der Waals surface area contributed by atoms with Gasteiger partial charge in [-0.15, -0.1) is 0 Å². The number of nitrogens with zero attached hydrogens (tertiary/aromatic N) is 1. The molecule has 0 saturated carbocycles. The average Bonchev–Trinajstić information content (AvgIpc) is 2.98. The number of carboxylic acids is 3. The highest BCUT2D eigenvalue weighted by atomic mass is 16.4. The van der Waals surface area contributed by atoms with Gasteiger partial charge in [-0.3, -0.25) is 18.9 Å². The molecule has 0 heterocycles. The molecule has 0 radical (unpaired) electrons. The van der Waals surface area contributed by atoms with Crippen LogP contribution in [0.25, 0.3) is 0 Å². The van der Waals surface area contributed by atoms with Crippen molar-refractivity contribution in [2.75, 3.05) is 19.6 Å². The Morgan fingerprint density at radius 3 is 1.02 bits per heavy atom. The smallest absolute Gasteiger partial charge is 0.303 e. The van der Waals surface area contributed by atoms with E-state index in [0.717, 1.165) is 51.7 Å². The third-order valence-electron chi connectivity index (χ3n) is 8.88. The number of rotatable bonds is 35. The monoisotopic (exact) mass is 625 g/mol. The fourth-order valence-electron chi connectivity index (χ4n) is 6.13. The number of unbranched alkanes of at least 4 members (excludes halogenated alkanes) is 21. The number of aliphatic carboxylic acids is 3. The predicted octanol–water partition coefficient (Wildman–Crippen LogP) is 10.5. The Morgan fingerprint density at radius 1 is 0.432 bits per heavy atom. The van der Waals surface area contributed by atoms with Crippen molar-refractivity contribution >= 4 is 17.9 Å². The lowest BCUT2D eigenvalue weighted by molar-refractivity contribution is -0.880. The fourth-order valence-corrected chi connectivity index (χ4v) is 6.13. The third kappa shape index (κ3) is 30.1. The van der Waals surface area contributed by atoms with Crippen LogP contribution >= 0.6 is 0 Å². The van der Waals surface area contributed by atoms with Gasteiger partial charge in [-0.2, -0.15) is 0 Å². The van der Waals surface area contributed by atoms with Crippen LogP contribution in [-0.2, 0) is 14.4 Å². The van der Waals surface area contributed by atoms with Gasteiger partial charge in [0.2, 0.25) is 0 Å². The molecule has 0 bridgehead atoms. The zero-order valence-corrected chi connectivity index (χ0v) is 28.6. The maximum absolute atomic E-state index is 11.0. The summed E-state index contributed by atoms with van der Waals surface area (Å²) in [7, 11) is 0. The van der Waals surface area contributed by atoms with E-state index in [1.807, 2.05) is 0 Å². The van der Waals surface area contributed by atoms with Crippen molar-refractivity contribution in [3.63, 3.8) is 0 Å². The minimum Gasteiger partial charge on any atom is -0.481 e. The van der Waals surface area contributed by atoms with E-state index in [-0.39, 0.29) is 19.3 Å². The maximum Gasteiger partial charge on any atom is 0.303 e. The SMILES string of the molecule is CCCCCCCCCCCCCCCCCCCC/C=C/[N+](CCCCC(=O)O)(CCCCC(=O)O)CCCCC(=O)O. The zero-order chi connectivity index (χ0) is 32.6. The Hall–Kier alpha value is -1.89. The fraction of sp³-hybridized carbons (Fsp3) is 0.865. The van der Waals surface area contributed by atoms with E-state index in [1.54, 1.807) is 0 Å². The molecule has 7 heteroatoms. The molecule has 0 aliphatic carbocycles. The quantitative estimate of drug-likeness (QED) is 0.0478. The van der Waals surface area contributed by atoms with Crippen molar-refractivity contribution < 1.29 is 34.2 Å². The Kier molecular flexibility index (Phi) is 29.8. The number of quaternary nitrogens is 1. The minimum atomic E-state index is -0.782. The molecule has 258 valence electrons. The molecule has 0 aliphatic heterocycles. The van der Waals surface area contributed by atoms with Crippen LogP contribution < -0.4 is 0 Å². The van der Waals surface area contributed by atoms with E-state index in [0.29, 0.717) is 23.7 Å². The lowest BCUT2D eigenvalue weighted by Gasteiger charge is -2.35. The average molecular weight is 625 g/mol. The lowest BCUT2D eigenvalue weighted by atomic mass is 10.0. The molecule has 0 aromatic carbocycles. The molecule has 0 saturated heterocycles. The third-order valence-corrected chi connectivity index (χ3v) is 8.88. The van der Waals surface area contributed by atoms with Crippen molar-refractivity contribution in [1.29, 1.82) is 0 Å². The summed E-state index contributed by atoms with van der Waals surface area (Å²) in [6.07, 6.45) is 34.8. The van der Waals surface area contributed by atoms with Gasteiger partial charge in [-0.25, -0.2) is 0 Å². The molecule has 0 unspecified atom stereocenters. The standard InChI is InChI=1S/C37H69NO6/c1-2-3-4-5-6-7-8-9-10-11-12-13-14-15-16-17-18-19-20-24-31-38(32-25-21-28-35(39)40,33-26-22-29-36(41)42)34-27-23-30-37(43)44/h24,31H,2-23,25-30,32-34H2,1H3,(H2-,39,40,41,42,43,44)/p+1/b31-24+. The number of carbonyl (C=O) groups is 3. The Bertz CT molecular complexity index is 668. The highest BCUT2D eigenvalue weighted by Gasteiger charge is 2.24. The van der Waals surface area contributed by atoms with E-state index < -0.39 is 17.9 Å². The van der Waals surface area contributed by atoms with Crippen LogP contribution in [0.5, 0.6) is 0 Å². The Balaban J connectivity index is 4.30. The molecule has 0 fully saturated rings. The first-order valence-corrected chi connectivity index (χ1v) is 18.5. The molecular weight excluding hydrogens is 554 g/mol. The van der Waals surface area contributed by atoms with E-state index in [4.69, 9.17) is 15.3 Å². The van der Waals surface area contributed by atoms with Gasteiger partial charge in [0.15, 0.2) is 0 Å². The van der Waals surface area contributed by atoms with Gasteiger partial charge in [0.05, 0.1) is 25.8 Å². The van der Waals surface area contributed by atoms with Crippen molar-refractivity contribution in [1.82, 2.24) is 0 Å². The molecule has 0 aliphatic rings. The van der Waals surface area contributed by atoms with Gasteiger partial charge in [0.25, 0.3) is 0 Å². The first-order chi connectivity index (χ1) is 21.3. The molecule has 0 aromatic heterocycles. The van der Waals surface area contributed by atoms with Crippen LogP contribution in [0.15, 0.2) is 12.3 Å². The lowest BCUT2D eigenvalue weighted by Crippen LogP contribution is -2.45. The summed E-state index contributed by atoms with van der Waals surface area (Å²) in [5, 5.41) is 27.1. The number of allylic oxidation sites excluding steroid dienone is 1. The summed E-state index contributed by atoms with van der Waals surface area (Å²) < 4.78 is 0.692. The van der Waals surface area contributed by atoms with Gasteiger partial charge in [0.1, 0.15) is 0 Å². The summed E-state index contributed by atoms with van der Waals surface area (Å²) >= 11 is 0. The van der Waals surface area contributed by atoms with Crippen molar-refractivity contribution in [2.45, 2.75) is 187 Å². The minimum absolute atomic E-state index is 0.154. The van der Waals surface area contributed by atoms with Crippen LogP contribution in [-0.4, -0.2) is 57.3 Å². The van der Waals surface area contributed by atoms with Crippen LogP contribution in [0.4, 0.5) is 0 Å². The summed E-state index contributed by atoms with van der Waals surface area (Å²) in [6.45, 7) is 4.70. The molecular formula is C37H70NO6+. The van der Waals surface area contributed by atoms with E-state index in [1.165, 1.54) is 109 Å². The van der Waals surface area contributed by atoms with E-state index >= 15 is 0 Å². The number of hydrogen-bond acceptors (Lipinski definition) is 3. The van der Waals surface area contributed by atoms with Crippen LogP contribution in [0.1, 0.15) is 187 Å². The summed E-state index contributed by atoms with van der Waals surface area (Å²) in [4.78, 5) is 33.0. The Labute approximate surface area is 270 Å². The first kappa shape index (κ1) is 42.1. The van der Waals surface area contributed by atoms with Crippen molar-refractivity contribution in [2.24, 2.45) is 0 Å². The van der Waals surface area contributed by atoms with E-state index in [9.17, 15) is 14.4 Å². The first-order valence-electron chi connectivity index (χ1n) is 18.5. The zero-order valence-electron chi connectivity index (χ0n) is 28.6. The van der Waals surface area contributed by atoms with Crippen molar-refractivity contribution in [3.05, 3.63) is 12.3 Å². The van der Waals surface area contributed by atoms with Gasteiger partial charge in [0, 0.05) is 19.3 Å². The van der Waals surface area contributed by atoms with Crippen LogP contribution in [0.3, 0.4) is 0 Å². The molecule has 7 nitrogen and oxygen atoms in total. The highest BCUT2D eigenvalue weighted by molar-refractivity contribution is 5.67. The summed E-state index contributed by atoms with van der Waals surface area (Å²) in [5.41, 5.74) is 0.